The molecule has 1 fully saturated rings. The minimum absolute atomic E-state index is 0.0274. The maximum Gasteiger partial charge on any atom is 0.254 e. The van der Waals surface area contributed by atoms with Gasteiger partial charge in [-0.05, 0) is 44.5 Å². The lowest BCUT2D eigenvalue weighted by atomic mass is 10.2. The van der Waals surface area contributed by atoms with Crippen molar-refractivity contribution in [2.45, 2.75) is 26.4 Å². The molecule has 1 saturated heterocycles. The van der Waals surface area contributed by atoms with Gasteiger partial charge in [-0.1, -0.05) is 6.07 Å². The molecule has 1 aliphatic rings. The van der Waals surface area contributed by atoms with E-state index in [4.69, 9.17) is 4.74 Å². The Labute approximate surface area is 141 Å². The molecule has 6 nitrogen and oxygen atoms in total. The number of carbonyl (C=O) groups excluding carboxylic acids is 1. The van der Waals surface area contributed by atoms with Gasteiger partial charge in [0, 0.05) is 42.8 Å². The summed E-state index contributed by atoms with van der Waals surface area (Å²) in [6, 6.07) is 9.35. The maximum absolute atomic E-state index is 12.6. The molecular formula is C18H22N4O2. The Kier molecular flexibility index (Phi) is 4.76. The monoisotopic (exact) mass is 326 g/mol. The number of ether oxygens (including phenoxy) is 1. The summed E-state index contributed by atoms with van der Waals surface area (Å²) in [5.74, 6) is 0.567. The maximum atomic E-state index is 12.6. The molecule has 0 radical (unpaired) electrons. The molecule has 1 N–H and O–H groups in total. The van der Waals surface area contributed by atoms with Gasteiger partial charge in [0.25, 0.3) is 5.91 Å². The van der Waals surface area contributed by atoms with Crippen LogP contribution in [-0.2, 0) is 4.74 Å². The number of hydrogen-bond donors (Lipinski definition) is 1. The summed E-state index contributed by atoms with van der Waals surface area (Å²) in [6.45, 7) is 5.24. The summed E-state index contributed by atoms with van der Waals surface area (Å²) < 4.78 is 5.33. The summed E-state index contributed by atoms with van der Waals surface area (Å²) in [5, 5.41) is 3.17. The van der Waals surface area contributed by atoms with E-state index in [1.165, 1.54) is 0 Å². The molecule has 1 aliphatic heterocycles. The lowest BCUT2D eigenvalue weighted by molar-refractivity contribution is 0.0724. The molecule has 0 saturated carbocycles. The van der Waals surface area contributed by atoms with Crippen molar-refractivity contribution < 1.29 is 9.53 Å². The van der Waals surface area contributed by atoms with E-state index in [1.807, 2.05) is 49.1 Å². The van der Waals surface area contributed by atoms with Gasteiger partial charge in [-0.15, -0.1) is 0 Å². The van der Waals surface area contributed by atoms with Gasteiger partial charge in [0.15, 0.2) is 0 Å². The Bertz CT molecular complexity index is 727. The smallest absolute Gasteiger partial charge is 0.254 e. The van der Waals surface area contributed by atoms with Crippen LogP contribution in [0.2, 0.25) is 0 Å². The third-order valence-corrected chi connectivity index (χ3v) is 4.11. The Morgan fingerprint density at radius 2 is 2.00 bits per heavy atom. The minimum Gasteiger partial charge on any atom is -0.380 e. The first-order valence-electron chi connectivity index (χ1n) is 8.06. The molecule has 0 bridgehead atoms. The Morgan fingerprint density at radius 1 is 1.25 bits per heavy atom. The third-order valence-electron chi connectivity index (χ3n) is 4.11. The molecule has 126 valence electrons. The quantitative estimate of drug-likeness (QED) is 0.935. The predicted octanol–water partition coefficient (Wildman–Crippen LogP) is 2.70. The topological polar surface area (TPSA) is 67.3 Å². The molecule has 1 aromatic carbocycles. The number of aromatic nitrogens is 2. The van der Waals surface area contributed by atoms with Gasteiger partial charge in [-0.25, -0.2) is 9.97 Å². The first-order chi connectivity index (χ1) is 11.5. The Balaban J connectivity index is 1.75. The molecule has 0 spiro atoms. The second kappa shape index (κ2) is 6.97. The summed E-state index contributed by atoms with van der Waals surface area (Å²) in [5.41, 5.74) is 3.26. The number of aryl methyl sites for hydroxylation is 2. The highest BCUT2D eigenvalue weighted by atomic mass is 16.5. The average Bonchev–Trinajstić information content (AvgIpc) is 3.02. The molecule has 6 heteroatoms. The summed E-state index contributed by atoms with van der Waals surface area (Å²) >= 11 is 0. The second-order valence-corrected chi connectivity index (χ2v) is 6.08. The van der Waals surface area contributed by atoms with Crippen LogP contribution in [0.25, 0.3) is 0 Å². The van der Waals surface area contributed by atoms with Crippen molar-refractivity contribution >= 4 is 17.5 Å². The first-order valence-corrected chi connectivity index (χ1v) is 8.06. The number of likely N-dealkylation sites (tertiary alicyclic amines) is 1. The third kappa shape index (κ3) is 3.71. The van der Waals surface area contributed by atoms with E-state index in [0.29, 0.717) is 18.1 Å². The number of amides is 1. The molecule has 1 aromatic heterocycles. The van der Waals surface area contributed by atoms with Crippen LogP contribution in [0.1, 0.15) is 28.2 Å². The predicted molar refractivity (Wildman–Crippen MR) is 92.5 cm³/mol. The number of benzene rings is 1. The molecule has 2 aromatic rings. The van der Waals surface area contributed by atoms with Crippen molar-refractivity contribution in [3.05, 3.63) is 47.3 Å². The zero-order valence-corrected chi connectivity index (χ0v) is 14.2. The van der Waals surface area contributed by atoms with Crippen molar-refractivity contribution in [3.63, 3.8) is 0 Å². The minimum atomic E-state index is 0.0274. The molecule has 1 atom stereocenters. The van der Waals surface area contributed by atoms with E-state index in [0.717, 1.165) is 30.0 Å². The average molecular weight is 326 g/mol. The van der Waals surface area contributed by atoms with Gasteiger partial charge in [-0.3, -0.25) is 4.79 Å². The fourth-order valence-corrected chi connectivity index (χ4v) is 2.93. The van der Waals surface area contributed by atoms with Crippen LogP contribution in [0.5, 0.6) is 0 Å². The lowest BCUT2D eigenvalue weighted by Crippen LogP contribution is -2.29. The molecular weight excluding hydrogens is 304 g/mol. The summed E-state index contributed by atoms with van der Waals surface area (Å²) in [4.78, 5) is 23.2. The Hall–Kier alpha value is -2.47. The largest absolute Gasteiger partial charge is 0.380 e. The van der Waals surface area contributed by atoms with Crippen molar-refractivity contribution in [1.82, 2.24) is 14.9 Å². The summed E-state index contributed by atoms with van der Waals surface area (Å²) in [7, 11) is 1.69. The van der Waals surface area contributed by atoms with Gasteiger partial charge >= 0.3 is 0 Å². The first kappa shape index (κ1) is 16.4. The normalized spacial score (nSPS) is 17.1. The zero-order valence-electron chi connectivity index (χ0n) is 14.2. The Morgan fingerprint density at radius 3 is 2.67 bits per heavy atom. The van der Waals surface area contributed by atoms with E-state index in [2.05, 4.69) is 15.3 Å². The van der Waals surface area contributed by atoms with Crippen LogP contribution in [0.3, 0.4) is 0 Å². The van der Waals surface area contributed by atoms with E-state index < -0.39 is 0 Å². The number of nitrogens with one attached hydrogen (secondary N) is 1. The highest BCUT2D eigenvalue weighted by Gasteiger charge is 2.26. The zero-order chi connectivity index (χ0) is 17.1. The van der Waals surface area contributed by atoms with E-state index >= 15 is 0 Å². The van der Waals surface area contributed by atoms with Gasteiger partial charge < -0.3 is 15.0 Å². The van der Waals surface area contributed by atoms with E-state index in [-0.39, 0.29) is 12.0 Å². The van der Waals surface area contributed by atoms with Crippen LogP contribution >= 0.6 is 0 Å². The molecule has 1 amide bonds. The fraction of sp³-hybridized carbons (Fsp3) is 0.389. The highest BCUT2D eigenvalue weighted by molar-refractivity contribution is 5.95. The molecule has 0 aliphatic carbocycles. The fourth-order valence-electron chi connectivity index (χ4n) is 2.93. The van der Waals surface area contributed by atoms with Gasteiger partial charge in [0.05, 0.1) is 6.10 Å². The number of nitrogens with zero attached hydrogens (tertiary/aromatic N) is 3. The number of carbonyl (C=O) groups is 1. The van der Waals surface area contributed by atoms with Crippen LogP contribution in [0.15, 0.2) is 30.3 Å². The van der Waals surface area contributed by atoms with Crippen molar-refractivity contribution in [3.8, 4) is 0 Å². The van der Waals surface area contributed by atoms with Crippen molar-refractivity contribution in [1.29, 1.82) is 0 Å². The van der Waals surface area contributed by atoms with Crippen molar-refractivity contribution in [2.24, 2.45) is 0 Å². The van der Waals surface area contributed by atoms with Crippen LogP contribution in [0, 0.1) is 13.8 Å². The number of rotatable bonds is 4. The number of hydrogen-bond acceptors (Lipinski definition) is 5. The van der Waals surface area contributed by atoms with Crippen molar-refractivity contribution in [2.75, 3.05) is 25.5 Å². The standard InChI is InChI=1S/C18H22N4O2/c1-12-9-13(2)20-18(19-12)21-15-6-4-5-14(10-15)17(23)22-8-7-16(11-22)24-3/h4-6,9-10,16H,7-8,11H2,1-3H3,(H,19,20,21). The van der Waals surface area contributed by atoms with Gasteiger partial charge in [-0.2, -0.15) is 0 Å². The summed E-state index contributed by atoms with van der Waals surface area (Å²) in [6.07, 6.45) is 1.02. The SMILES string of the molecule is COC1CCN(C(=O)c2cccc(Nc3nc(C)cc(C)n3)c2)C1. The molecule has 24 heavy (non-hydrogen) atoms. The molecule has 3 rings (SSSR count). The van der Waals surface area contributed by atoms with Gasteiger partial charge in [0.1, 0.15) is 0 Å². The highest BCUT2D eigenvalue weighted by Crippen LogP contribution is 2.19. The van der Waals surface area contributed by atoms with E-state index in [9.17, 15) is 4.79 Å². The van der Waals surface area contributed by atoms with Crippen LogP contribution in [-0.4, -0.2) is 47.1 Å². The second-order valence-electron chi connectivity index (χ2n) is 6.08. The van der Waals surface area contributed by atoms with Crippen LogP contribution in [0.4, 0.5) is 11.6 Å². The number of methoxy groups -OCH3 is 1. The molecule has 1 unspecified atom stereocenters. The molecule has 2 heterocycles. The van der Waals surface area contributed by atoms with Crippen LogP contribution < -0.4 is 5.32 Å². The number of anilines is 2. The lowest BCUT2D eigenvalue weighted by Gasteiger charge is -2.16. The van der Waals surface area contributed by atoms with E-state index in [1.54, 1.807) is 7.11 Å². The van der Waals surface area contributed by atoms with Gasteiger partial charge in [0.2, 0.25) is 5.95 Å².